The van der Waals surface area contributed by atoms with Crippen LogP contribution in [0.2, 0.25) is 0 Å². The first kappa shape index (κ1) is 15.3. The Morgan fingerprint density at radius 3 is 2.94 bits per heavy atom. The van der Waals surface area contributed by atoms with Gasteiger partial charge in [-0.05, 0) is 26.7 Å². The van der Waals surface area contributed by atoms with E-state index in [0.29, 0.717) is 24.3 Å². The van der Waals surface area contributed by atoms with Crippen LogP contribution in [0.15, 0.2) is 4.99 Å². The molecule has 1 heterocycles. The lowest BCUT2D eigenvalue weighted by atomic mass is 10.2. The molecule has 1 rings (SSSR count). The highest BCUT2D eigenvalue weighted by molar-refractivity contribution is 8.14. The Hall–Kier alpha value is -0.710. The standard InChI is InChI=1S/C13H25N3OS/c1-5-9(2)15-12(17)6-7-14-13-16-10(3)8-11(4)18-13/h9-11H,5-8H2,1-4H3,(H,14,16)(H,15,17). The van der Waals surface area contributed by atoms with Crippen LogP contribution in [0.1, 0.15) is 47.0 Å². The van der Waals surface area contributed by atoms with Gasteiger partial charge < -0.3 is 10.6 Å². The number of hydrogen-bond acceptors (Lipinski definition) is 3. The second-order valence-electron chi connectivity index (χ2n) is 5.02. The van der Waals surface area contributed by atoms with E-state index < -0.39 is 0 Å². The zero-order valence-corrected chi connectivity index (χ0v) is 12.6. The van der Waals surface area contributed by atoms with E-state index in [1.54, 1.807) is 11.8 Å². The van der Waals surface area contributed by atoms with E-state index in [4.69, 9.17) is 0 Å². The summed E-state index contributed by atoms with van der Waals surface area (Å²) in [7, 11) is 0. The fourth-order valence-corrected chi connectivity index (χ4v) is 3.03. The van der Waals surface area contributed by atoms with Crippen LogP contribution in [-0.4, -0.2) is 35.0 Å². The number of nitrogens with zero attached hydrogens (tertiary/aromatic N) is 1. The minimum absolute atomic E-state index is 0.0932. The molecule has 3 unspecified atom stereocenters. The van der Waals surface area contributed by atoms with Gasteiger partial charge in [0.25, 0.3) is 0 Å². The van der Waals surface area contributed by atoms with Crippen molar-refractivity contribution in [3.8, 4) is 0 Å². The van der Waals surface area contributed by atoms with Crippen LogP contribution in [0.3, 0.4) is 0 Å². The topological polar surface area (TPSA) is 53.5 Å². The Morgan fingerprint density at radius 1 is 1.61 bits per heavy atom. The second kappa shape index (κ2) is 7.67. The number of amidine groups is 1. The Kier molecular flexibility index (Phi) is 6.54. The van der Waals surface area contributed by atoms with Crippen LogP contribution < -0.4 is 10.6 Å². The van der Waals surface area contributed by atoms with Crippen molar-refractivity contribution in [2.24, 2.45) is 4.99 Å². The van der Waals surface area contributed by atoms with Gasteiger partial charge in [-0.25, -0.2) is 0 Å². The van der Waals surface area contributed by atoms with Crippen LogP contribution in [0.5, 0.6) is 0 Å². The molecule has 0 aromatic heterocycles. The highest BCUT2D eigenvalue weighted by Gasteiger charge is 2.19. The smallest absolute Gasteiger partial charge is 0.222 e. The molecular weight excluding hydrogens is 246 g/mol. The Bertz CT molecular complexity index is 295. The number of hydrogen-bond donors (Lipinski definition) is 2. The van der Waals surface area contributed by atoms with Gasteiger partial charge in [-0.3, -0.25) is 9.79 Å². The molecule has 1 saturated heterocycles. The Morgan fingerprint density at radius 2 is 2.33 bits per heavy atom. The Labute approximate surface area is 114 Å². The monoisotopic (exact) mass is 271 g/mol. The van der Waals surface area contributed by atoms with Gasteiger partial charge >= 0.3 is 0 Å². The molecule has 0 bridgehead atoms. The summed E-state index contributed by atoms with van der Waals surface area (Å²) in [6.07, 6.45) is 2.60. The molecule has 18 heavy (non-hydrogen) atoms. The summed E-state index contributed by atoms with van der Waals surface area (Å²) >= 11 is 1.77. The van der Waals surface area contributed by atoms with Gasteiger partial charge in [-0.1, -0.05) is 25.6 Å². The van der Waals surface area contributed by atoms with Crippen LogP contribution in [-0.2, 0) is 4.79 Å². The third kappa shape index (κ3) is 5.76. The zero-order chi connectivity index (χ0) is 13.5. The van der Waals surface area contributed by atoms with Crippen LogP contribution in [0.25, 0.3) is 0 Å². The van der Waals surface area contributed by atoms with Gasteiger partial charge in [0.1, 0.15) is 0 Å². The number of nitrogens with one attached hydrogen (secondary N) is 2. The molecule has 0 aromatic carbocycles. The molecule has 2 N–H and O–H groups in total. The van der Waals surface area contributed by atoms with Crippen molar-refractivity contribution in [1.29, 1.82) is 0 Å². The van der Waals surface area contributed by atoms with Crippen molar-refractivity contribution >= 4 is 22.8 Å². The summed E-state index contributed by atoms with van der Waals surface area (Å²) in [5, 5.41) is 7.89. The van der Waals surface area contributed by atoms with Crippen molar-refractivity contribution in [2.75, 3.05) is 6.54 Å². The molecule has 0 saturated carbocycles. The minimum Gasteiger partial charge on any atom is -0.362 e. The normalized spacial score (nSPS) is 27.7. The first-order valence-electron chi connectivity index (χ1n) is 6.78. The molecule has 0 aromatic rings. The van der Waals surface area contributed by atoms with E-state index in [-0.39, 0.29) is 11.9 Å². The van der Waals surface area contributed by atoms with E-state index in [1.165, 1.54) is 0 Å². The van der Waals surface area contributed by atoms with Crippen LogP contribution in [0, 0.1) is 0 Å². The predicted molar refractivity (Wildman–Crippen MR) is 79.1 cm³/mol. The summed E-state index contributed by atoms with van der Waals surface area (Å²) in [6, 6.07) is 0.737. The number of amides is 1. The average Bonchev–Trinajstić information content (AvgIpc) is 2.27. The first-order chi connectivity index (χ1) is 8.51. The number of aliphatic imine (C=N–C) groups is 1. The first-order valence-corrected chi connectivity index (χ1v) is 7.66. The summed E-state index contributed by atoms with van der Waals surface area (Å²) in [5.74, 6) is 0.0932. The number of carbonyl (C=O) groups is 1. The molecule has 5 heteroatoms. The maximum Gasteiger partial charge on any atom is 0.222 e. The van der Waals surface area contributed by atoms with E-state index in [0.717, 1.165) is 18.0 Å². The van der Waals surface area contributed by atoms with Gasteiger partial charge in [0, 0.05) is 23.8 Å². The lowest BCUT2D eigenvalue weighted by Gasteiger charge is -2.26. The fourth-order valence-electron chi connectivity index (χ4n) is 1.83. The van der Waals surface area contributed by atoms with E-state index in [1.807, 2.05) is 6.92 Å². The third-order valence-electron chi connectivity index (χ3n) is 2.98. The number of thioether (sulfide) groups is 1. The summed E-state index contributed by atoms with van der Waals surface area (Å²) in [5.41, 5.74) is 0. The predicted octanol–water partition coefficient (Wildman–Crippen LogP) is 2.15. The van der Waals surface area contributed by atoms with E-state index in [9.17, 15) is 4.79 Å². The molecule has 0 aliphatic carbocycles. The minimum atomic E-state index is 0.0932. The molecule has 0 radical (unpaired) electrons. The average molecular weight is 271 g/mol. The molecule has 1 fully saturated rings. The van der Waals surface area contributed by atoms with Crippen LogP contribution >= 0.6 is 11.8 Å². The number of carbonyl (C=O) groups excluding carboxylic acids is 1. The zero-order valence-electron chi connectivity index (χ0n) is 11.8. The van der Waals surface area contributed by atoms with Crippen molar-refractivity contribution < 1.29 is 4.79 Å². The highest BCUT2D eigenvalue weighted by Crippen LogP contribution is 2.22. The molecule has 1 aliphatic heterocycles. The molecule has 1 aliphatic rings. The SMILES string of the molecule is CCC(C)NC(=O)CCN=C1NC(C)CC(C)S1. The number of rotatable bonds is 5. The van der Waals surface area contributed by atoms with Gasteiger partial charge in [-0.2, -0.15) is 0 Å². The van der Waals surface area contributed by atoms with Crippen molar-refractivity contribution in [3.63, 3.8) is 0 Å². The van der Waals surface area contributed by atoms with Gasteiger partial charge in [0.15, 0.2) is 5.17 Å². The van der Waals surface area contributed by atoms with Crippen molar-refractivity contribution in [1.82, 2.24) is 10.6 Å². The highest BCUT2D eigenvalue weighted by atomic mass is 32.2. The summed E-state index contributed by atoms with van der Waals surface area (Å²) < 4.78 is 0. The largest absolute Gasteiger partial charge is 0.362 e. The Balaban J connectivity index is 2.29. The van der Waals surface area contributed by atoms with Crippen molar-refractivity contribution in [2.45, 2.75) is 64.3 Å². The summed E-state index contributed by atoms with van der Waals surface area (Å²) in [4.78, 5) is 16.0. The van der Waals surface area contributed by atoms with E-state index in [2.05, 4.69) is 36.4 Å². The van der Waals surface area contributed by atoms with Gasteiger partial charge in [0.05, 0.1) is 6.54 Å². The second-order valence-corrected chi connectivity index (χ2v) is 6.45. The fraction of sp³-hybridized carbons (Fsp3) is 0.846. The third-order valence-corrected chi connectivity index (χ3v) is 4.05. The maximum absolute atomic E-state index is 11.6. The summed E-state index contributed by atoms with van der Waals surface area (Å²) in [6.45, 7) is 9.04. The van der Waals surface area contributed by atoms with Gasteiger partial charge in [0.2, 0.25) is 5.91 Å². The molecular formula is C13H25N3OS. The molecule has 104 valence electrons. The van der Waals surface area contributed by atoms with Crippen molar-refractivity contribution in [3.05, 3.63) is 0 Å². The lowest BCUT2D eigenvalue weighted by Crippen LogP contribution is -2.38. The van der Waals surface area contributed by atoms with Gasteiger partial charge in [-0.15, -0.1) is 0 Å². The molecule has 4 nitrogen and oxygen atoms in total. The molecule has 1 amide bonds. The van der Waals surface area contributed by atoms with E-state index >= 15 is 0 Å². The maximum atomic E-state index is 11.6. The van der Waals surface area contributed by atoms with Crippen LogP contribution in [0.4, 0.5) is 0 Å². The lowest BCUT2D eigenvalue weighted by molar-refractivity contribution is -0.121. The molecule has 3 atom stereocenters. The quantitative estimate of drug-likeness (QED) is 0.805. The molecule has 0 spiro atoms.